The molecule has 2 aliphatic heterocycles. The van der Waals surface area contributed by atoms with Gasteiger partial charge in [-0.3, -0.25) is 9.36 Å². The summed E-state index contributed by atoms with van der Waals surface area (Å²) >= 11 is 0. The van der Waals surface area contributed by atoms with Crippen LogP contribution in [0.5, 0.6) is 0 Å². The fourth-order valence-corrected chi connectivity index (χ4v) is 4.19. The Hall–Kier alpha value is -4.30. The fraction of sp³-hybridized carbons (Fsp3) is 0.462. The molecule has 14 nitrogen and oxygen atoms in total. The van der Waals surface area contributed by atoms with Gasteiger partial charge in [0.05, 0.1) is 11.1 Å². The lowest BCUT2D eigenvalue weighted by molar-refractivity contribution is -0.151. The number of hydrogen-bond acceptors (Lipinski definition) is 13. The lowest BCUT2D eigenvalue weighted by Gasteiger charge is -2.27. The molecule has 214 valence electrons. The quantitative estimate of drug-likeness (QED) is 0.184. The number of aromatic nitrogens is 2. The predicted molar refractivity (Wildman–Crippen MR) is 136 cm³/mol. The van der Waals surface area contributed by atoms with Crippen molar-refractivity contribution in [2.24, 2.45) is 5.73 Å². The lowest BCUT2D eigenvalue weighted by Crippen LogP contribution is -2.44. The van der Waals surface area contributed by atoms with E-state index >= 15 is 0 Å². The maximum atomic E-state index is 13.0. The number of carbonyl (C=O) groups excluding carboxylic acids is 4. The van der Waals surface area contributed by atoms with Crippen LogP contribution in [0.3, 0.4) is 0 Å². The van der Waals surface area contributed by atoms with Crippen molar-refractivity contribution in [2.75, 3.05) is 12.1 Å². The third-order valence-corrected chi connectivity index (χ3v) is 6.26. The molecule has 0 unspecified atom stereocenters. The van der Waals surface area contributed by atoms with E-state index in [1.807, 2.05) is 6.92 Å². The summed E-state index contributed by atoms with van der Waals surface area (Å²) in [7, 11) is 0. The number of anilines is 1. The maximum Gasteiger partial charge on any atom is 0.351 e. The van der Waals surface area contributed by atoms with Gasteiger partial charge in [0.2, 0.25) is 0 Å². The van der Waals surface area contributed by atoms with E-state index in [1.165, 1.54) is 31.3 Å². The molecule has 4 rings (SSSR count). The number of esters is 3. The second-order valence-corrected chi connectivity index (χ2v) is 9.31. The third-order valence-electron chi connectivity index (χ3n) is 6.26. The Morgan fingerprint density at radius 3 is 2.38 bits per heavy atom. The highest BCUT2D eigenvalue weighted by Gasteiger charge is 2.52. The zero-order valence-corrected chi connectivity index (χ0v) is 21.9. The van der Waals surface area contributed by atoms with Crippen LogP contribution in [0.4, 0.5) is 5.82 Å². The summed E-state index contributed by atoms with van der Waals surface area (Å²) in [5.41, 5.74) is 7.00. The number of nitrogens with zero attached hydrogens (tertiary/aromatic N) is 2. The first-order valence-corrected chi connectivity index (χ1v) is 12.8. The van der Waals surface area contributed by atoms with Gasteiger partial charge < -0.3 is 29.5 Å². The molecule has 40 heavy (non-hydrogen) atoms. The Labute approximate surface area is 228 Å². The molecule has 1 aromatic heterocycles. The molecule has 1 aromatic carbocycles. The van der Waals surface area contributed by atoms with Gasteiger partial charge in [-0.25, -0.2) is 24.7 Å². The maximum absolute atomic E-state index is 13.0. The first kappa shape index (κ1) is 28.7. The van der Waals surface area contributed by atoms with Crippen LogP contribution in [-0.2, 0) is 33.4 Å². The second kappa shape index (κ2) is 12.7. The van der Waals surface area contributed by atoms with Crippen LogP contribution >= 0.6 is 0 Å². The smallest absolute Gasteiger partial charge is 0.351 e. The fourth-order valence-electron chi connectivity index (χ4n) is 4.19. The average molecular weight is 559 g/mol. The monoisotopic (exact) mass is 558 g/mol. The Morgan fingerprint density at radius 2 is 1.75 bits per heavy atom. The normalized spacial score (nSPS) is 22.5. The van der Waals surface area contributed by atoms with E-state index in [1.54, 1.807) is 12.1 Å². The lowest BCUT2D eigenvalue weighted by atomic mass is 10.0. The van der Waals surface area contributed by atoms with E-state index < -0.39 is 66.8 Å². The van der Waals surface area contributed by atoms with E-state index in [0.29, 0.717) is 6.42 Å². The van der Waals surface area contributed by atoms with Gasteiger partial charge in [-0.2, -0.15) is 4.98 Å². The topological polar surface area (TPSA) is 187 Å². The van der Waals surface area contributed by atoms with Crippen molar-refractivity contribution in [3.05, 3.63) is 58.1 Å². The van der Waals surface area contributed by atoms with Crippen LogP contribution in [0.25, 0.3) is 0 Å². The molecule has 0 bridgehead atoms. The summed E-state index contributed by atoms with van der Waals surface area (Å²) in [6.45, 7) is 3.04. The Morgan fingerprint density at radius 1 is 1.07 bits per heavy atom. The first-order valence-electron chi connectivity index (χ1n) is 12.8. The number of ether oxygens (including phenoxy) is 4. The van der Waals surface area contributed by atoms with E-state index in [0.717, 1.165) is 17.4 Å². The number of hydrogen-bond donors (Lipinski definition) is 2. The van der Waals surface area contributed by atoms with Crippen molar-refractivity contribution >= 4 is 29.7 Å². The molecule has 1 fully saturated rings. The summed E-state index contributed by atoms with van der Waals surface area (Å²) in [6.07, 6.45) is -0.996. The minimum Gasteiger partial charge on any atom is -0.462 e. The van der Waals surface area contributed by atoms with Crippen LogP contribution in [-0.4, -0.2) is 64.4 Å². The van der Waals surface area contributed by atoms with Crippen molar-refractivity contribution in [1.82, 2.24) is 9.55 Å². The van der Waals surface area contributed by atoms with Gasteiger partial charge in [0.1, 0.15) is 18.8 Å². The molecule has 3 N–H and O–H groups in total. The molecule has 0 spiro atoms. The van der Waals surface area contributed by atoms with Gasteiger partial charge in [0.25, 0.3) is 0 Å². The minimum atomic E-state index is -1.31. The largest absolute Gasteiger partial charge is 0.462 e. The number of unbranched alkanes of at least 4 members (excludes halogenated alkanes) is 2. The number of rotatable bonds is 10. The highest BCUT2D eigenvalue weighted by atomic mass is 16.7. The summed E-state index contributed by atoms with van der Waals surface area (Å²) < 4.78 is 23.5. The first-order chi connectivity index (χ1) is 19.2. The molecule has 0 aliphatic carbocycles. The highest BCUT2D eigenvalue weighted by molar-refractivity contribution is 6.03. The molecule has 1 saturated heterocycles. The van der Waals surface area contributed by atoms with Crippen LogP contribution in [0.15, 0.2) is 41.3 Å². The van der Waals surface area contributed by atoms with Gasteiger partial charge in [0.15, 0.2) is 24.3 Å². The minimum absolute atomic E-state index is 0.0146. The molecule has 3 heterocycles. The van der Waals surface area contributed by atoms with Crippen molar-refractivity contribution in [3.8, 4) is 0 Å². The Bertz CT molecular complexity index is 1330. The number of benzene rings is 1. The Balaban J connectivity index is 1.58. The van der Waals surface area contributed by atoms with Crippen LogP contribution < -0.4 is 16.9 Å². The number of nitrogens with one attached hydrogen (secondary N) is 1. The van der Waals surface area contributed by atoms with Crippen molar-refractivity contribution in [1.29, 1.82) is 0 Å². The van der Waals surface area contributed by atoms with Gasteiger partial charge >= 0.3 is 29.6 Å². The summed E-state index contributed by atoms with van der Waals surface area (Å²) in [5.74, 6) is -2.94. The summed E-state index contributed by atoms with van der Waals surface area (Å²) in [6, 6.07) is 6.35. The molecular weight excluding hydrogens is 528 g/mol. The second-order valence-electron chi connectivity index (χ2n) is 9.31. The van der Waals surface area contributed by atoms with Gasteiger partial charge in [-0.15, -0.1) is 0 Å². The zero-order chi connectivity index (χ0) is 28.8. The molecule has 2 aromatic rings. The number of fused-ring (bicyclic) bond motifs is 2. The summed E-state index contributed by atoms with van der Waals surface area (Å²) in [4.78, 5) is 71.6. The van der Waals surface area contributed by atoms with Crippen molar-refractivity contribution in [3.63, 3.8) is 0 Å². The SMILES string of the molecule is CCCCCC(=O)ONc1ccn([C@@H]2O[C@H](COC(=O)[C@@H](C)N)[C@H]3OC(=O)c4ccccc4C(=O)O[C@H]32)c(=O)n1. The van der Waals surface area contributed by atoms with E-state index in [4.69, 9.17) is 29.5 Å². The molecular formula is C26H30N4O10. The molecule has 5 atom stereocenters. The number of carbonyl (C=O) groups is 4. The van der Waals surface area contributed by atoms with Gasteiger partial charge in [-0.05, 0) is 25.5 Å². The van der Waals surface area contributed by atoms with Crippen LogP contribution in [0.1, 0.15) is 66.5 Å². The highest BCUT2D eigenvalue weighted by Crippen LogP contribution is 2.36. The van der Waals surface area contributed by atoms with Crippen molar-refractivity contribution < 1.29 is 43.0 Å². The van der Waals surface area contributed by atoms with Gasteiger partial charge in [0, 0.05) is 18.7 Å². The van der Waals surface area contributed by atoms with Crippen LogP contribution in [0.2, 0.25) is 0 Å². The Kier molecular flexibility index (Phi) is 9.11. The zero-order valence-electron chi connectivity index (χ0n) is 21.9. The van der Waals surface area contributed by atoms with E-state index in [-0.39, 0.29) is 23.4 Å². The summed E-state index contributed by atoms with van der Waals surface area (Å²) in [5, 5.41) is 0. The molecule has 14 heteroatoms. The van der Waals surface area contributed by atoms with Gasteiger partial charge in [-0.1, -0.05) is 31.9 Å². The van der Waals surface area contributed by atoms with E-state index in [9.17, 15) is 24.0 Å². The molecule has 0 saturated carbocycles. The molecule has 0 amide bonds. The number of nitrogens with two attached hydrogens (primary N) is 1. The van der Waals surface area contributed by atoms with Crippen molar-refractivity contribution in [2.45, 2.75) is 70.1 Å². The average Bonchev–Trinajstić information content (AvgIpc) is 3.25. The predicted octanol–water partition coefficient (Wildman–Crippen LogP) is 1.25. The molecule has 2 aliphatic rings. The molecule has 0 radical (unpaired) electrons. The van der Waals surface area contributed by atoms with E-state index in [2.05, 4.69) is 10.5 Å². The third kappa shape index (κ3) is 6.46. The standard InChI is InChI=1S/C26H30N4O10/c1-3-4-5-10-19(31)40-29-18-11-12-30(26(35)28-18)22-21-20(17(37-22)13-36-23(32)14(2)27)38-24(33)15-8-6-7-9-16(15)25(34)39-21/h6-9,11-12,14,17,20-22H,3-5,10,13,27H2,1-2H3,(H,28,29,35)/t14-,17-,20-,21-,22-/m1/s1. The van der Waals surface area contributed by atoms with Crippen LogP contribution in [0, 0.1) is 0 Å².